The summed E-state index contributed by atoms with van der Waals surface area (Å²) >= 11 is 0. The lowest BCUT2D eigenvalue weighted by Crippen LogP contribution is -2.14. The molecule has 5 nitrogen and oxygen atoms in total. The van der Waals surface area contributed by atoms with Crippen molar-refractivity contribution in [1.29, 1.82) is 0 Å². The molecule has 1 aromatic carbocycles. The minimum absolute atomic E-state index is 0.135. The van der Waals surface area contributed by atoms with Crippen LogP contribution >= 0.6 is 0 Å². The molecule has 2 aromatic rings. The van der Waals surface area contributed by atoms with Gasteiger partial charge in [-0.15, -0.1) is 0 Å². The zero-order valence-electron chi connectivity index (χ0n) is 10.0. The summed E-state index contributed by atoms with van der Waals surface area (Å²) in [5.74, 6) is -1.26. The molecule has 2 N–H and O–H groups in total. The van der Waals surface area contributed by atoms with Crippen molar-refractivity contribution in [2.75, 3.05) is 5.32 Å². The van der Waals surface area contributed by atoms with E-state index in [0.29, 0.717) is 16.8 Å². The van der Waals surface area contributed by atoms with E-state index in [1.807, 2.05) is 0 Å². The quantitative estimate of drug-likeness (QED) is 0.876. The first-order valence-corrected chi connectivity index (χ1v) is 5.68. The zero-order chi connectivity index (χ0) is 13.7. The van der Waals surface area contributed by atoms with E-state index in [2.05, 4.69) is 10.3 Å². The molecule has 0 spiro atoms. The summed E-state index contributed by atoms with van der Waals surface area (Å²) in [6.45, 7) is 0. The lowest BCUT2D eigenvalue weighted by molar-refractivity contribution is -0.136. The van der Waals surface area contributed by atoms with Crippen LogP contribution in [0.2, 0.25) is 0 Å². The van der Waals surface area contributed by atoms with Gasteiger partial charge in [0.25, 0.3) is 5.91 Å². The number of pyridine rings is 1. The highest BCUT2D eigenvalue weighted by atomic mass is 16.4. The van der Waals surface area contributed by atoms with E-state index < -0.39 is 5.97 Å². The second-order valence-corrected chi connectivity index (χ2v) is 3.92. The van der Waals surface area contributed by atoms with Crippen molar-refractivity contribution in [3.05, 3.63) is 59.9 Å². The van der Waals surface area contributed by atoms with Gasteiger partial charge in [0.1, 0.15) is 0 Å². The molecular weight excluding hydrogens is 244 g/mol. The highest BCUT2D eigenvalue weighted by Gasteiger charge is 2.10. The molecule has 96 valence electrons. The average molecular weight is 256 g/mol. The molecule has 1 aromatic heterocycles. The smallest absolute Gasteiger partial charge is 0.307 e. The Labute approximate surface area is 109 Å². The number of amides is 1. The third-order valence-electron chi connectivity index (χ3n) is 2.53. The summed E-state index contributed by atoms with van der Waals surface area (Å²) in [4.78, 5) is 26.6. The van der Waals surface area contributed by atoms with Crippen LogP contribution in [0.15, 0.2) is 48.8 Å². The van der Waals surface area contributed by atoms with Crippen LogP contribution in [0.5, 0.6) is 0 Å². The fourth-order valence-corrected chi connectivity index (χ4v) is 1.65. The van der Waals surface area contributed by atoms with Crippen molar-refractivity contribution < 1.29 is 14.7 Å². The normalized spacial score (nSPS) is 9.89. The van der Waals surface area contributed by atoms with Gasteiger partial charge in [0, 0.05) is 18.1 Å². The lowest BCUT2D eigenvalue weighted by Gasteiger charge is -2.09. The number of aromatic nitrogens is 1. The molecule has 19 heavy (non-hydrogen) atoms. The number of carbonyl (C=O) groups is 2. The third kappa shape index (κ3) is 3.38. The van der Waals surface area contributed by atoms with Crippen LogP contribution < -0.4 is 5.32 Å². The predicted molar refractivity (Wildman–Crippen MR) is 70.0 cm³/mol. The van der Waals surface area contributed by atoms with Crippen molar-refractivity contribution in [2.45, 2.75) is 6.42 Å². The number of para-hydroxylation sites is 1. The van der Waals surface area contributed by atoms with Crippen molar-refractivity contribution in [3.8, 4) is 0 Å². The summed E-state index contributed by atoms with van der Waals surface area (Å²) in [6.07, 6.45) is 2.90. The van der Waals surface area contributed by atoms with E-state index in [9.17, 15) is 9.59 Å². The number of nitrogens with zero attached hydrogens (tertiary/aromatic N) is 1. The van der Waals surface area contributed by atoms with Gasteiger partial charge in [-0.2, -0.15) is 0 Å². The van der Waals surface area contributed by atoms with Crippen LogP contribution in [0, 0.1) is 0 Å². The van der Waals surface area contributed by atoms with Gasteiger partial charge in [0.2, 0.25) is 0 Å². The number of nitrogens with one attached hydrogen (secondary N) is 1. The third-order valence-corrected chi connectivity index (χ3v) is 2.53. The largest absolute Gasteiger partial charge is 0.481 e. The molecule has 5 heteroatoms. The molecule has 0 atom stereocenters. The SMILES string of the molecule is O=C(O)Cc1ccccc1NC(=O)c1cccnc1. The van der Waals surface area contributed by atoms with Gasteiger partial charge < -0.3 is 10.4 Å². The van der Waals surface area contributed by atoms with Gasteiger partial charge in [-0.1, -0.05) is 18.2 Å². The van der Waals surface area contributed by atoms with Gasteiger partial charge >= 0.3 is 5.97 Å². The Morgan fingerprint density at radius 3 is 2.63 bits per heavy atom. The number of benzene rings is 1. The number of carboxylic acid groups (broad SMARTS) is 1. The minimum atomic E-state index is -0.942. The van der Waals surface area contributed by atoms with Crippen LogP contribution in [0.1, 0.15) is 15.9 Å². The molecule has 0 bridgehead atoms. The molecule has 0 unspecified atom stereocenters. The van der Waals surface area contributed by atoms with E-state index >= 15 is 0 Å². The van der Waals surface area contributed by atoms with E-state index in [4.69, 9.17) is 5.11 Å². The monoisotopic (exact) mass is 256 g/mol. The molecule has 2 rings (SSSR count). The Balaban J connectivity index is 2.19. The van der Waals surface area contributed by atoms with Gasteiger partial charge in [0.05, 0.1) is 12.0 Å². The maximum atomic E-state index is 12.0. The molecule has 0 saturated carbocycles. The number of carbonyl (C=O) groups excluding carboxylic acids is 1. The summed E-state index contributed by atoms with van der Waals surface area (Å²) in [5.41, 5.74) is 1.48. The predicted octanol–water partition coefficient (Wildman–Crippen LogP) is 1.96. The maximum Gasteiger partial charge on any atom is 0.307 e. The number of aliphatic carboxylic acids is 1. The second kappa shape index (κ2) is 5.77. The van der Waals surface area contributed by atoms with Crippen LogP contribution in [0.25, 0.3) is 0 Å². The van der Waals surface area contributed by atoms with Crippen molar-refractivity contribution in [3.63, 3.8) is 0 Å². The topological polar surface area (TPSA) is 79.3 Å². The fourth-order valence-electron chi connectivity index (χ4n) is 1.65. The number of rotatable bonds is 4. The first kappa shape index (κ1) is 12.8. The Hall–Kier alpha value is -2.69. The highest BCUT2D eigenvalue weighted by molar-refractivity contribution is 6.04. The van der Waals surface area contributed by atoms with Crippen molar-refractivity contribution in [1.82, 2.24) is 4.98 Å². The summed E-state index contributed by atoms with van der Waals surface area (Å²) in [5, 5.41) is 11.5. The first-order valence-electron chi connectivity index (χ1n) is 5.68. The van der Waals surface area contributed by atoms with Crippen molar-refractivity contribution in [2.24, 2.45) is 0 Å². The molecule has 0 aliphatic rings. The average Bonchev–Trinajstić information content (AvgIpc) is 2.41. The molecule has 1 heterocycles. The number of hydrogen-bond donors (Lipinski definition) is 2. The van der Waals surface area contributed by atoms with E-state index in [1.165, 1.54) is 6.20 Å². The van der Waals surface area contributed by atoms with Gasteiger partial charge in [-0.25, -0.2) is 0 Å². The summed E-state index contributed by atoms with van der Waals surface area (Å²) in [6, 6.07) is 10.1. The molecule has 1 amide bonds. The minimum Gasteiger partial charge on any atom is -0.481 e. The highest BCUT2D eigenvalue weighted by Crippen LogP contribution is 2.16. The molecule has 0 aliphatic heterocycles. The Kier molecular flexibility index (Phi) is 3.87. The zero-order valence-corrected chi connectivity index (χ0v) is 10.0. The van der Waals surface area contributed by atoms with Crippen molar-refractivity contribution >= 4 is 17.6 Å². The van der Waals surface area contributed by atoms with Crippen LogP contribution in [0.3, 0.4) is 0 Å². The summed E-state index contributed by atoms with van der Waals surface area (Å²) < 4.78 is 0. The standard InChI is InChI=1S/C14H12N2O3/c17-13(18)8-10-4-1-2-6-12(10)16-14(19)11-5-3-7-15-9-11/h1-7,9H,8H2,(H,16,19)(H,17,18). The molecule has 0 saturated heterocycles. The van der Waals surface area contributed by atoms with Crippen LogP contribution in [-0.4, -0.2) is 22.0 Å². The van der Waals surface area contributed by atoms with Gasteiger partial charge in [-0.05, 0) is 23.8 Å². The number of carboxylic acids is 1. The van der Waals surface area contributed by atoms with E-state index in [0.717, 1.165) is 0 Å². The number of anilines is 1. The Morgan fingerprint density at radius 1 is 1.16 bits per heavy atom. The maximum absolute atomic E-state index is 12.0. The molecular formula is C14H12N2O3. The first-order chi connectivity index (χ1) is 9.16. The Bertz CT molecular complexity index is 597. The van der Waals surface area contributed by atoms with E-state index in [-0.39, 0.29) is 12.3 Å². The molecule has 0 aliphatic carbocycles. The number of hydrogen-bond acceptors (Lipinski definition) is 3. The van der Waals surface area contributed by atoms with Crippen LogP contribution in [0.4, 0.5) is 5.69 Å². The van der Waals surface area contributed by atoms with Gasteiger partial charge in [-0.3, -0.25) is 14.6 Å². The lowest BCUT2D eigenvalue weighted by atomic mass is 10.1. The summed E-state index contributed by atoms with van der Waals surface area (Å²) in [7, 11) is 0. The van der Waals surface area contributed by atoms with Crippen LogP contribution in [-0.2, 0) is 11.2 Å². The Morgan fingerprint density at radius 2 is 1.95 bits per heavy atom. The second-order valence-electron chi connectivity index (χ2n) is 3.92. The van der Waals surface area contributed by atoms with E-state index in [1.54, 1.807) is 42.6 Å². The van der Waals surface area contributed by atoms with Gasteiger partial charge in [0.15, 0.2) is 0 Å². The fraction of sp³-hybridized carbons (Fsp3) is 0.0714. The molecule has 0 fully saturated rings. The molecule has 0 radical (unpaired) electrons.